The third kappa shape index (κ3) is 3.06. The van der Waals surface area contributed by atoms with Crippen LogP contribution in [0.1, 0.15) is 10.4 Å². The number of rotatable bonds is 3. The van der Waals surface area contributed by atoms with Gasteiger partial charge < -0.3 is 5.32 Å². The molecular weight excluding hydrogens is 330 g/mol. The van der Waals surface area contributed by atoms with Crippen LogP contribution < -0.4 is 5.32 Å². The summed E-state index contributed by atoms with van der Waals surface area (Å²) in [5.41, 5.74) is -0.493. The summed E-state index contributed by atoms with van der Waals surface area (Å²) in [6.45, 7) is 0. The van der Waals surface area contributed by atoms with Crippen molar-refractivity contribution in [1.82, 2.24) is 0 Å². The van der Waals surface area contributed by atoms with Crippen LogP contribution in [0.5, 0.6) is 0 Å². The number of hydrogen-bond donors (Lipinski definition) is 1. The number of carbonyl (C=O) groups excluding carboxylic acids is 1. The predicted molar refractivity (Wildman–Crippen MR) is 75.3 cm³/mol. The molecule has 0 unspecified atom stereocenters. The van der Waals surface area contributed by atoms with Crippen LogP contribution >= 0.6 is 34.5 Å². The molecule has 0 bridgehead atoms. The van der Waals surface area contributed by atoms with Gasteiger partial charge in [-0.1, -0.05) is 23.2 Å². The molecule has 5 nitrogen and oxygen atoms in total. The van der Waals surface area contributed by atoms with E-state index in [0.29, 0.717) is 4.34 Å². The molecule has 2 aromatic rings. The van der Waals surface area contributed by atoms with Crippen molar-refractivity contribution in [3.05, 3.63) is 54.4 Å². The number of nitro groups is 1. The van der Waals surface area contributed by atoms with E-state index in [0.717, 1.165) is 23.5 Å². The molecule has 0 radical (unpaired) electrons. The Bertz CT molecular complexity index is 705. The first-order chi connectivity index (χ1) is 9.38. The number of hydrogen-bond acceptors (Lipinski definition) is 4. The number of anilines is 1. The topological polar surface area (TPSA) is 72.2 Å². The van der Waals surface area contributed by atoms with E-state index < -0.39 is 22.3 Å². The van der Waals surface area contributed by atoms with Crippen molar-refractivity contribution < 1.29 is 14.1 Å². The Hall–Kier alpha value is -1.70. The Morgan fingerprint density at radius 3 is 2.60 bits per heavy atom. The van der Waals surface area contributed by atoms with Crippen LogP contribution in [0, 0.1) is 15.9 Å². The summed E-state index contributed by atoms with van der Waals surface area (Å²) in [7, 11) is 0. The Morgan fingerprint density at radius 2 is 2.05 bits per heavy atom. The lowest BCUT2D eigenvalue weighted by atomic mass is 10.2. The standard InChI is InChI=1S/C11H5Cl2FN2O3S/c12-9-4-6(10(13)20-9)11(17)15-5-1-2-7(14)8(3-5)16(18)19/h1-4H,(H,15,17). The summed E-state index contributed by atoms with van der Waals surface area (Å²) in [5.74, 6) is -1.57. The van der Waals surface area contributed by atoms with Crippen molar-refractivity contribution in [1.29, 1.82) is 0 Å². The fourth-order valence-corrected chi connectivity index (χ4v) is 2.88. The maximum absolute atomic E-state index is 13.2. The van der Waals surface area contributed by atoms with Gasteiger partial charge in [-0.05, 0) is 18.2 Å². The van der Waals surface area contributed by atoms with E-state index in [4.69, 9.17) is 23.2 Å². The van der Waals surface area contributed by atoms with Crippen LogP contribution in [0.3, 0.4) is 0 Å². The number of halogens is 3. The molecule has 1 N–H and O–H groups in total. The van der Waals surface area contributed by atoms with Crippen LogP contribution in [0.25, 0.3) is 0 Å². The van der Waals surface area contributed by atoms with Crippen LogP contribution in [-0.4, -0.2) is 10.8 Å². The Kier molecular flexibility index (Phi) is 4.22. The van der Waals surface area contributed by atoms with Crippen molar-refractivity contribution in [2.75, 3.05) is 5.32 Å². The lowest BCUT2D eigenvalue weighted by molar-refractivity contribution is -0.387. The Balaban J connectivity index is 2.26. The van der Waals surface area contributed by atoms with Crippen molar-refractivity contribution in [3.63, 3.8) is 0 Å². The highest BCUT2D eigenvalue weighted by Gasteiger charge is 2.18. The molecule has 20 heavy (non-hydrogen) atoms. The molecule has 1 aromatic heterocycles. The van der Waals surface area contributed by atoms with Crippen molar-refractivity contribution in [2.24, 2.45) is 0 Å². The van der Waals surface area contributed by atoms with Crippen molar-refractivity contribution in [2.45, 2.75) is 0 Å². The molecule has 0 saturated heterocycles. The second-order valence-electron chi connectivity index (χ2n) is 3.62. The average molecular weight is 335 g/mol. The molecule has 0 aliphatic carbocycles. The largest absolute Gasteiger partial charge is 0.322 e. The van der Waals surface area contributed by atoms with E-state index in [1.54, 1.807) is 0 Å². The second-order valence-corrected chi connectivity index (χ2v) is 5.90. The molecule has 0 atom stereocenters. The molecule has 2 rings (SSSR count). The number of thiophene rings is 1. The minimum Gasteiger partial charge on any atom is -0.322 e. The zero-order valence-electron chi connectivity index (χ0n) is 9.52. The maximum Gasteiger partial charge on any atom is 0.306 e. The smallest absolute Gasteiger partial charge is 0.306 e. The Morgan fingerprint density at radius 1 is 1.35 bits per heavy atom. The van der Waals surface area contributed by atoms with Crippen LogP contribution in [0.15, 0.2) is 24.3 Å². The quantitative estimate of drug-likeness (QED) is 0.669. The summed E-state index contributed by atoms with van der Waals surface area (Å²) in [5, 5.41) is 13.0. The Labute approximate surface area is 126 Å². The monoisotopic (exact) mass is 334 g/mol. The number of amides is 1. The van der Waals surface area contributed by atoms with Gasteiger partial charge in [-0.3, -0.25) is 14.9 Å². The lowest BCUT2D eigenvalue weighted by Gasteiger charge is -2.04. The first-order valence-corrected chi connectivity index (χ1v) is 6.66. The van der Waals surface area contributed by atoms with Gasteiger partial charge >= 0.3 is 5.69 Å². The van der Waals surface area contributed by atoms with E-state index in [1.807, 2.05) is 0 Å². The fraction of sp³-hybridized carbons (Fsp3) is 0. The zero-order valence-corrected chi connectivity index (χ0v) is 11.9. The third-order valence-electron chi connectivity index (χ3n) is 2.30. The van der Waals surface area contributed by atoms with Gasteiger partial charge in [-0.2, -0.15) is 4.39 Å². The average Bonchev–Trinajstić information content (AvgIpc) is 2.70. The van der Waals surface area contributed by atoms with Crippen LogP contribution in [0.2, 0.25) is 8.67 Å². The number of carbonyl (C=O) groups is 1. The van der Waals surface area contributed by atoms with Gasteiger partial charge in [0.2, 0.25) is 5.82 Å². The number of nitrogens with one attached hydrogen (secondary N) is 1. The summed E-state index contributed by atoms with van der Waals surface area (Å²) < 4.78 is 13.7. The summed E-state index contributed by atoms with van der Waals surface area (Å²) in [6, 6.07) is 4.41. The third-order valence-corrected chi connectivity index (χ3v) is 3.79. The molecule has 0 saturated carbocycles. The molecular formula is C11H5Cl2FN2O3S. The van der Waals surface area contributed by atoms with E-state index in [-0.39, 0.29) is 15.6 Å². The molecule has 0 aliphatic rings. The zero-order chi connectivity index (χ0) is 14.9. The first-order valence-electron chi connectivity index (χ1n) is 5.08. The van der Waals surface area contributed by atoms with Gasteiger partial charge in [-0.25, -0.2) is 0 Å². The van der Waals surface area contributed by atoms with Gasteiger partial charge in [-0.15, -0.1) is 11.3 Å². The fourth-order valence-electron chi connectivity index (χ4n) is 1.42. The highest BCUT2D eigenvalue weighted by Crippen LogP contribution is 2.32. The van der Waals surface area contributed by atoms with E-state index in [2.05, 4.69) is 5.32 Å². The van der Waals surface area contributed by atoms with Crippen molar-refractivity contribution >= 4 is 51.8 Å². The minimum absolute atomic E-state index is 0.0847. The minimum atomic E-state index is -0.982. The first kappa shape index (κ1) is 14.7. The predicted octanol–water partition coefficient (Wildman–Crippen LogP) is 4.35. The molecule has 1 amide bonds. The number of nitrogens with zero attached hydrogens (tertiary/aromatic N) is 1. The van der Waals surface area contributed by atoms with Gasteiger partial charge in [0.25, 0.3) is 5.91 Å². The highest BCUT2D eigenvalue weighted by atomic mass is 35.5. The van der Waals surface area contributed by atoms with Gasteiger partial charge in [0.05, 0.1) is 14.8 Å². The normalized spacial score (nSPS) is 10.3. The van der Waals surface area contributed by atoms with E-state index in [9.17, 15) is 19.3 Å². The summed E-state index contributed by atoms with van der Waals surface area (Å²) in [6.07, 6.45) is 0. The molecule has 0 aliphatic heterocycles. The number of benzene rings is 1. The lowest BCUT2D eigenvalue weighted by Crippen LogP contribution is -2.11. The molecule has 0 fully saturated rings. The second kappa shape index (κ2) is 5.74. The highest BCUT2D eigenvalue weighted by molar-refractivity contribution is 7.20. The van der Waals surface area contributed by atoms with Crippen LogP contribution in [0.4, 0.5) is 15.8 Å². The van der Waals surface area contributed by atoms with E-state index in [1.165, 1.54) is 12.1 Å². The van der Waals surface area contributed by atoms with E-state index >= 15 is 0 Å². The van der Waals surface area contributed by atoms with Crippen LogP contribution in [-0.2, 0) is 0 Å². The SMILES string of the molecule is O=C(Nc1ccc(F)c([N+](=O)[O-])c1)c1cc(Cl)sc1Cl. The molecule has 0 spiro atoms. The van der Waals surface area contributed by atoms with Crippen molar-refractivity contribution in [3.8, 4) is 0 Å². The van der Waals surface area contributed by atoms with Gasteiger partial charge in [0, 0.05) is 11.8 Å². The number of nitro benzene ring substituents is 1. The molecule has 1 aromatic carbocycles. The van der Waals surface area contributed by atoms with Gasteiger partial charge in [0.1, 0.15) is 4.34 Å². The summed E-state index contributed by atoms with van der Waals surface area (Å²) >= 11 is 12.6. The molecule has 104 valence electrons. The van der Waals surface area contributed by atoms with Gasteiger partial charge in [0.15, 0.2) is 0 Å². The molecule has 1 heterocycles. The molecule has 9 heteroatoms. The maximum atomic E-state index is 13.2. The summed E-state index contributed by atoms with van der Waals surface area (Å²) in [4.78, 5) is 21.6.